The minimum absolute atomic E-state index is 0.619. The molecule has 0 aliphatic rings. The Labute approximate surface area is 525 Å². The van der Waals surface area contributed by atoms with E-state index in [2.05, 4.69) is 120 Å². The lowest BCUT2D eigenvalue weighted by Gasteiger charge is -1.99. The maximum atomic E-state index is 4.30. The molecule has 0 amide bonds. The molecular formula is C67H60N24. The lowest BCUT2D eigenvalue weighted by molar-refractivity contribution is 0.974. The van der Waals surface area contributed by atoms with Gasteiger partial charge < -0.3 is 0 Å². The summed E-state index contributed by atoms with van der Waals surface area (Å²) >= 11 is 0. The van der Waals surface area contributed by atoms with Crippen LogP contribution in [0.5, 0.6) is 0 Å². The van der Waals surface area contributed by atoms with Gasteiger partial charge in [-0.3, -0.25) is 29.9 Å². The van der Waals surface area contributed by atoms with Crippen molar-refractivity contribution in [2.24, 2.45) is 0 Å². The van der Waals surface area contributed by atoms with Crippen LogP contribution in [0.15, 0.2) is 239 Å². The lowest BCUT2D eigenvalue weighted by atomic mass is 10.2. The van der Waals surface area contributed by atoms with E-state index in [4.69, 9.17) is 0 Å². The van der Waals surface area contributed by atoms with Gasteiger partial charge in [-0.25, -0.2) is 89.7 Å². The third kappa shape index (κ3) is 22.0. The van der Waals surface area contributed by atoms with Crippen LogP contribution in [0.3, 0.4) is 0 Å². The minimum atomic E-state index is 0.619. The first kappa shape index (κ1) is 64.4. The highest BCUT2D eigenvalue weighted by atomic mass is 15.0. The van der Waals surface area contributed by atoms with E-state index >= 15 is 0 Å². The molecule has 0 bridgehead atoms. The predicted molar refractivity (Wildman–Crippen MR) is 343 cm³/mol. The number of nitrogens with zero attached hydrogens (tertiary/aromatic N) is 24. The number of aromatic nitrogens is 24. The molecule has 0 aliphatic carbocycles. The maximum absolute atomic E-state index is 4.30. The number of rotatable bonds is 7. The zero-order chi connectivity index (χ0) is 63.7. The maximum Gasteiger partial charge on any atom is 0.181 e. The van der Waals surface area contributed by atoms with Gasteiger partial charge in [0, 0.05) is 108 Å². The molecule has 14 rings (SSSR count). The number of pyridine rings is 6. The van der Waals surface area contributed by atoms with Crippen LogP contribution in [0.1, 0.15) is 40.8 Å². The summed E-state index contributed by atoms with van der Waals surface area (Å²) in [7, 11) is 0. The Hall–Kier alpha value is -12.6. The summed E-state index contributed by atoms with van der Waals surface area (Å²) in [6, 6.07) is 42.1. The summed E-state index contributed by atoms with van der Waals surface area (Å²) in [5, 5.41) is 0. The van der Waals surface area contributed by atoms with E-state index in [1.54, 1.807) is 80.6 Å². The summed E-state index contributed by atoms with van der Waals surface area (Å²) < 4.78 is 0. The van der Waals surface area contributed by atoms with E-state index in [-0.39, 0.29) is 0 Å². The second-order valence-electron chi connectivity index (χ2n) is 18.6. The number of benzene rings is 1. The van der Waals surface area contributed by atoms with Crippen LogP contribution in [0.25, 0.3) is 79.6 Å². The van der Waals surface area contributed by atoms with Crippen molar-refractivity contribution in [3.8, 4) is 79.6 Å². The smallest absolute Gasteiger partial charge is 0.181 e. The van der Waals surface area contributed by atoms with Crippen LogP contribution < -0.4 is 0 Å². The Morgan fingerprint density at radius 2 is 0.549 bits per heavy atom. The van der Waals surface area contributed by atoms with E-state index in [0.29, 0.717) is 29.1 Å². The molecule has 0 atom stereocenters. The molecular weight excluding hydrogens is 1140 g/mol. The molecule has 91 heavy (non-hydrogen) atoms. The SMILES string of the molecule is Cc1nccc(-c2ccccn2)n1.Cc1nccc(-c2cccnc2)n1.Cc1nccc(-c2ccncc2)n1.Cc1ncnc(-c2ccccc2)n1.Cc1ncnc(-c2ccccn2)n1.Cc1ncnc(-c2cccnc2)n1.Cc1ncnc(-c2ccncc2)n1. The van der Waals surface area contributed by atoms with Crippen molar-refractivity contribution in [3.05, 3.63) is 280 Å². The van der Waals surface area contributed by atoms with Crippen molar-refractivity contribution in [1.82, 2.24) is 120 Å². The topological polar surface area (TPSA) is 309 Å². The molecule has 1 aromatic carbocycles. The molecule has 24 nitrogen and oxygen atoms in total. The molecule has 0 fully saturated rings. The largest absolute Gasteiger partial charge is 0.265 e. The predicted octanol–water partition coefficient (Wildman–Crippen LogP) is 11.1. The van der Waals surface area contributed by atoms with Crippen LogP contribution in [-0.4, -0.2) is 120 Å². The number of hydrogen-bond acceptors (Lipinski definition) is 24. The third-order valence-electron chi connectivity index (χ3n) is 11.7. The Balaban J connectivity index is 0.000000137. The van der Waals surface area contributed by atoms with Crippen molar-refractivity contribution in [2.45, 2.75) is 48.5 Å². The van der Waals surface area contributed by atoms with E-state index in [9.17, 15) is 0 Å². The number of aryl methyl sites for hydroxylation is 7. The third-order valence-corrected chi connectivity index (χ3v) is 11.7. The normalized spacial score (nSPS) is 9.92. The fourth-order valence-electron chi connectivity index (χ4n) is 7.52. The van der Waals surface area contributed by atoms with Gasteiger partial charge in [-0.15, -0.1) is 0 Å². The lowest BCUT2D eigenvalue weighted by Crippen LogP contribution is -1.95. The molecule has 0 N–H and O–H groups in total. The highest BCUT2D eigenvalue weighted by Crippen LogP contribution is 2.18. The van der Waals surface area contributed by atoms with Gasteiger partial charge in [0.1, 0.15) is 71.8 Å². The van der Waals surface area contributed by atoms with Gasteiger partial charge in [-0.2, -0.15) is 0 Å². The first-order valence-electron chi connectivity index (χ1n) is 28.0. The summed E-state index contributed by atoms with van der Waals surface area (Å²) in [6.07, 6.45) is 28.7. The van der Waals surface area contributed by atoms with Gasteiger partial charge in [-0.05, 0) is 139 Å². The molecule has 13 heterocycles. The fraction of sp³-hybridized carbons (Fsp3) is 0.104. The minimum Gasteiger partial charge on any atom is -0.265 e. The zero-order valence-corrected chi connectivity index (χ0v) is 50.7. The van der Waals surface area contributed by atoms with Gasteiger partial charge in [0.15, 0.2) is 23.3 Å². The summed E-state index contributed by atoms with van der Waals surface area (Å²) in [4.78, 5) is 97.9. The Morgan fingerprint density at radius 1 is 0.187 bits per heavy atom. The highest BCUT2D eigenvalue weighted by molar-refractivity contribution is 5.59. The second-order valence-corrected chi connectivity index (χ2v) is 18.6. The van der Waals surface area contributed by atoms with Crippen LogP contribution in [0.2, 0.25) is 0 Å². The second kappa shape index (κ2) is 35.1. The van der Waals surface area contributed by atoms with E-state index in [1.165, 1.54) is 25.3 Å². The summed E-state index contributed by atoms with van der Waals surface area (Å²) in [5.74, 6) is 7.93. The monoisotopic (exact) mass is 1200 g/mol. The average Bonchev–Trinajstić information content (AvgIpc) is 3.57. The molecule has 0 aliphatic heterocycles. The van der Waals surface area contributed by atoms with Crippen LogP contribution in [0, 0.1) is 48.5 Å². The molecule has 14 aromatic rings. The van der Waals surface area contributed by atoms with Crippen molar-refractivity contribution in [3.63, 3.8) is 0 Å². The Kier molecular flexibility index (Phi) is 24.9. The van der Waals surface area contributed by atoms with E-state index < -0.39 is 0 Å². The van der Waals surface area contributed by atoms with Gasteiger partial charge in [0.25, 0.3) is 0 Å². The van der Waals surface area contributed by atoms with Crippen molar-refractivity contribution >= 4 is 0 Å². The van der Waals surface area contributed by atoms with Gasteiger partial charge in [0.2, 0.25) is 0 Å². The molecule has 0 radical (unpaired) electrons. The Bertz CT molecular complexity index is 3590. The van der Waals surface area contributed by atoms with Crippen molar-refractivity contribution < 1.29 is 0 Å². The van der Waals surface area contributed by atoms with E-state index in [1.807, 2.05) is 182 Å². The van der Waals surface area contributed by atoms with E-state index in [0.717, 1.165) is 91.2 Å². The van der Waals surface area contributed by atoms with Gasteiger partial charge in [-0.1, -0.05) is 42.5 Å². The average molecular weight is 1200 g/mol. The molecule has 0 spiro atoms. The van der Waals surface area contributed by atoms with Crippen molar-refractivity contribution in [1.29, 1.82) is 0 Å². The van der Waals surface area contributed by atoms with Crippen LogP contribution >= 0.6 is 0 Å². The highest BCUT2D eigenvalue weighted by Gasteiger charge is 2.05. The molecule has 0 saturated carbocycles. The van der Waals surface area contributed by atoms with Crippen LogP contribution in [0.4, 0.5) is 0 Å². The molecule has 0 saturated heterocycles. The molecule has 448 valence electrons. The quantitative estimate of drug-likeness (QED) is 0.143. The molecule has 0 unspecified atom stereocenters. The number of hydrogen-bond donors (Lipinski definition) is 0. The standard InChI is InChI=1S/4C10H9N3.3C9H8N4/c1-8-12-7-4-10(13-8)9-2-5-11-6-3-9;1-8-12-6-4-10(13-8)9-3-2-5-11-7-9;1-8-11-7-5-10(13-8)9-4-2-3-6-12-9;1-8-11-7-12-10(13-8)9-5-3-2-4-6-9;1-7-11-6-12-9(13-7)8-2-4-10-5-3-8;1-7-11-6-12-9(13-7)8-3-2-4-10-5-8;1-7-11-6-12-9(13-7)8-4-2-3-5-10-8/h4*2-7H,1H3;3*2-6H,1H3. The molecule has 13 aromatic heterocycles. The van der Waals surface area contributed by atoms with Gasteiger partial charge in [0.05, 0.1) is 22.8 Å². The van der Waals surface area contributed by atoms with Gasteiger partial charge >= 0.3 is 0 Å². The van der Waals surface area contributed by atoms with Crippen molar-refractivity contribution in [2.75, 3.05) is 0 Å². The fourth-order valence-corrected chi connectivity index (χ4v) is 7.52. The zero-order valence-electron chi connectivity index (χ0n) is 50.7. The summed E-state index contributed by atoms with van der Waals surface area (Å²) in [6.45, 7) is 13.0. The summed E-state index contributed by atoms with van der Waals surface area (Å²) in [5.41, 5.74) is 9.36. The Morgan fingerprint density at radius 3 is 0.989 bits per heavy atom. The first-order valence-corrected chi connectivity index (χ1v) is 28.0. The van der Waals surface area contributed by atoms with Crippen LogP contribution in [-0.2, 0) is 0 Å². The molecule has 24 heteroatoms. The first-order chi connectivity index (χ1) is 44.5.